The van der Waals surface area contributed by atoms with Crippen LogP contribution < -0.4 is 14.4 Å². The Hall–Kier alpha value is -2.95. The predicted octanol–water partition coefficient (Wildman–Crippen LogP) is 3.34. The molecule has 1 aliphatic rings. The highest BCUT2D eigenvalue weighted by Gasteiger charge is 2.34. The van der Waals surface area contributed by atoms with Gasteiger partial charge < -0.3 is 9.47 Å². The average molecular weight is 402 g/mol. The van der Waals surface area contributed by atoms with E-state index in [1.54, 1.807) is 6.07 Å². The first kappa shape index (κ1) is 18.8. The van der Waals surface area contributed by atoms with Crippen molar-refractivity contribution >= 4 is 27.5 Å². The number of sulfonamides is 1. The number of carbonyl (C=O) groups excluding carboxylic acids is 1. The predicted molar refractivity (Wildman–Crippen MR) is 89.1 cm³/mol. The Kier molecular flexibility index (Phi) is 4.87. The molecular weight excluding hydrogens is 389 g/mol. The largest absolute Gasteiger partial charge is 0.573 e. The van der Waals surface area contributed by atoms with Gasteiger partial charge in [-0.05, 0) is 30.3 Å². The maximum atomic E-state index is 12.5. The van der Waals surface area contributed by atoms with Gasteiger partial charge in [-0.1, -0.05) is 18.2 Å². The molecule has 1 saturated heterocycles. The van der Waals surface area contributed by atoms with E-state index >= 15 is 0 Å². The number of nitrogens with one attached hydrogen (secondary N) is 1. The normalized spacial score (nSPS) is 14.8. The van der Waals surface area contributed by atoms with Crippen LogP contribution in [-0.4, -0.2) is 34.0 Å². The van der Waals surface area contributed by atoms with Crippen LogP contribution in [0.4, 0.5) is 29.3 Å². The molecule has 3 rings (SSSR count). The molecule has 0 saturated carbocycles. The molecule has 11 heteroatoms. The number of nitrogens with zero attached hydrogens (tertiary/aromatic N) is 1. The molecular formula is C16H13F3N2O5S. The molecule has 0 bridgehead atoms. The van der Waals surface area contributed by atoms with Gasteiger partial charge in [0.2, 0.25) is 0 Å². The molecule has 1 N–H and O–H groups in total. The van der Waals surface area contributed by atoms with E-state index in [2.05, 4.69) is 9.46 Å². The van der Waals surface area contributed by atoms with Gasteiger partial charge in [-0.25, -0.2) is 13.2 Å². The summed E-state index contributed by atoms with van der Waals surface area (Å²) in [5, 5.41) is 0. The number of amides is 1. The number of hydrogen-bond acceptors (Lipinski definition) is 5. The summed E-state index contributed by atoms with van der Waals surface area (Å²) in [6, 6.07) is 10.2. The molecule has 7 nitrogen and oxygen atoms in total. The summed E-state index contributed by atoms with van der Waals surface area (Å²) >= 11 is 0. The molecule has 0 spiro atoms. The third kappa shape index (κ3) is 4.42. The molecule has 2 aromatic carbocycles. The minimum Gasteiger partial charge on any atom is -0.447 e. The van der Waals surface area contributed by atoms with Gasteiger partial charge in [0, 0.05) is 5.69 Å². The Bertz CT molecular complexity index is 963. The number of hydrogen-bond donors (Lipinski definition) is 1. The number of anilines is 2. The molecule has 1 heterocycles. The SMILES string of the molecule is O=C1OCCN1c1cccc(NS(=O)(=O)c2ccccc2OC(F)(F)F)c1. The highest BCUT2D eigenvalue weighted by atomic mass is 32.2. The van der Waals surface area contributed by atoms with Crippen molar-refractivity contribution in [3.8, 4) is 5.75 Å². The average Bonchev–Trinajstić information content (AvgIpc) is 2.99. The zero-order valence-electron chi connectivity index (χ0n) is 13.6. The lowest BCUT2D eigenvalue weighted by Gasteiger charge is -2.16. The van der Waals surface area contributed by atoms with Crippen LogP contribution in [0.3, 0.4) is 0 Å². The summed E-state index contributed by atoms with van der Waals surface area (Å²) in [6.45, 7) is 0.508. The second-order valence-corrected chi connectivity index (χ2v) is 7.07. The van der Waals surface area contributed by atoms with Crippen molar-refractivity contribution in [3.05, 3.63) is 48.5 Å². The molecule has 0 atom stereocenters. The zero-order valence-corrected chi connectivity index (χ0v) is 14.4. The number of rotatable bonds is 5. The Labute approximate surface area is 152 Å². The van der Waals surface area contributed by atoms with Gasteiger partial charge in [0.25, 0.3) is 10.0 Å². The van der Waals surface area contributed by atoms with Crippen LogP contribution in [0.25, 0.3) is 0 Å². The van der Waals surface area contributed by atoms with Gasteiger partial charge in [-0.3, -0.25) is 9.62 Å². The van der Waals surface area contributed by atoms with Gasteiger partial charge in [-0.2, -0.15) is 0 Å². The summed E-state index contributed by atoms with van der Waals surface area (Å²) in [5.41, 5.74) is 0.450. The molecule has 2 aromatic rings. The van der Waals surface area contributed by atoms with Gasteiger partial charge in [0.05, 0.1) is 12.2 Å². The first-order chi connectivity index (χ1) is 12.7. The van der Waals surface area contributed by atoms with Crippen LogP contribution in [0.15, 0.2) is 53.4 Å². The lowest BCUT2D eigenvalue weighted by atomic mass is 10.2. The van der Waals surface area contributed by atoms with Crippen LogP contribution in [0.2, 0.25) is 0 Å². The first-order valence-electron chi connectivity index (χ1n) is 7.58. The van der Waals surface area contributed by atoms with E-state index in [1.807, 2.05) is 0 Å². The molecule has 1 aliphatic heterocycles. The van der Waals surface area contributed by atoms with Crippen molar-refractivity contribution in [3.63, 3.8) is 0 Å². The monoisotopic (exact) mass is 402 g/mol. The second kappa shape index (κ2) is 6.99. The van der Waals surface area contributed by atoms with Crippen molar-refractivity contribution in [2.45, 2.75) is 11.3 Å². The summed E-state index contributed by atoms with van der Waals surface area (Å²) < 4.78 is 73.4. The summed E-state index contributed by atoms with van der Waals surface area (Å²) in [5.74, 6) is -0.850. The number of halogens is 3. The van der Waals surface area contributed by atoms with E-state index in [0.29, 0.717) is 12.2 Å². The summed E-state index contributed by atoms with van der Waals surface area (Å²) in [7, 11) is -4.38. The third-order valence-electron chi connectivity index (χ3n) is 3.54. The van der Waals surface area contributed by atoms with E-state index < -0.39 is 33.1 Å². The molecule has 0 aliphatic carbocycles. The highest BCUT2D eigenvalue weighted by molar-refractivity contribution is 7.92. The Morgan fingerprint density at radius 2 is 1.85 bits per heavy atom. The number of cyclic esters (lactones) is 1. The Morgan fingerprint density at radius 1 is 1.11 bits per heavy atom. The van der Waals surface area contributed by atoms with E-state index in [4.69, 9.17) is 4.74 Å². The minimum atomic E-state index is -5.04. The van der Waals surface area contributed by atoms with E-state index in [1.165, 1.54) is 35.2 Å². The number of para-hydroxylation sites is 1. The Morgan fingerprint density at radius 3 is 2.52 bits per heavy atom. The van der Waals surface area contributed by atoms with Gasteiger partial charge >= 0.3 is 12.5 Å². The quantitative estimate of drug-likeness (QED) is 0.829. The van der Waals surface area contributed by atoms with Crippen molar-refractivity contribution in [2.24, 2.45) is 0 Å². The fraction of sp³-hybridized carbons (Fsp3) is 0.188. The smallest absolute Gasteiger partial charge is 0.447 e. The fourth-order valence-electron chi connectivity index (χ4n) is 2.46. The molecule has 0 unspecified atom stereocenters. The lowest BCUT2D eigenvalue weighted by molar-refractivity contribution is -0.275. The van der Waals surface area contributed by atoms with Crippen LogP contribution in [0.1, 0.15) is 0 Å². The van der Waals surface area contributed by atoms with Gasteiger partial charge in [0.15, 0.2) is 0 Å². The van der Waals surface area contributed by atoms with E-state index in [9.17, 15) is 26.4 Å². The lowest BCUT2D eigenvalue weighted by Crippen LogP contribution is -2.23. The van der Waals surface area contributed by atoms with Crippen molar-refractivity contribution in [1.82, 2.24) is 0 Å². The number of benzene rings is 2. The van der Waals surface area contributed by atoms with Crippen molar-refractivity contribution < 1.29 is 35.9 Å². The zero-order chi connectivity index (χ0) is 19.7. The third-order valence-corrected chi connectivity index (χ3v) is 4.96. The summed E-state index contributed by atoms with van der Waals surface area (Å²) in [4.78, 5) is 12.2. The fourth-order valence-corrected chi connectivity index (χ4v) is 3.64. The maximum absolute atomic E-state index is 12.5. The number of alkyl halides is 3. The summed E-state index contributed by atoms with van der Waals surface area (Å²) in [6.07, 6.45) is -5.61. The minimum absolute atomic E-state index is 0.0639. The molecule has 1 fully saturated rings. The second-order valence-electron chi connectivity index (χ2n) is 5.42. The van der Waals surface area contributed by atoms with Crippen LogP contribution in [0, 0.1) is 0 Å². The van der Waals surface area contributed by atoms with Crippen LogP contribution in [0.5, 0.6) is 5.75 Å². The van der Waals surface area contributed by atoms with Gasteiger partial charge in [-0.15, -0.1) is 13.2 Å². The highest BCUT2D eigenvalue weighted by Crippen LogP contribution is 2.31. The molecule has 0 aromatic heterocycles. The first-order valence-corrected chi connectivity index (χ1v) is 9.06. The molecule has 0 radical (unpaired) electrons. The van der Waals surface area contributed by atoms with Crippen molar-refractivity contribution in [1.29, 1.82) is 0 Å². The standard InChI is InChI=1S/C16H13F3N2O5S/c17-16(18,19)26-13-6-1-2-7-14(13)27(23,24)20-11-4-3-5-12(10-11)21-8-9-25-15(21)22/h1-7,10,20H,8-9H2. The van der Waals surface area contributed by atoms with E-state index in [-0.39, 0.29) is 12.3 Å². The number of carbonyl (C=O) groups is 1. The van der Waals surface area contributed by atoms with Crippen LogP contribution >= 0.6 is 0 Å². The Balaban J connectivity index is 1.89. The van der Waals surface area contributed by atoms with Crippen LogP contribution in [-0.2, 0) is 14.8 Å². The molecule has 27 heavy (non-hydrogen) atoms. The number of ether oxygens (including phenoxy) is 2. The van der Waals surface area contributed by atoms with Gasteiger partial charge in [0.1, 0.15) is 17.3 Å². The topological polar surface area (TPSA) is 84.9 Å². The molecule has 144 valence electrons. The maximum Gasteiger partial charge on any atom is 0.573 e. The molecule has 1 amide bonds. The van der Waals surface area contributed by atoms with Crippen molar-refractivity contribution in [2.75, 3.05) is 22.8 Å². The van der Waals surface area contributed by atoms with E-state index in [0.717, 1.165) is 12.1 Å².